The minimum absolute atomic E-state index is 0.0229. The van der Waals surface area contributed by atoms with Crippen molar-refractivity contribution < 1.29 is 14.7 Å². The Morgan fingerprint density at radius 3 is 2.63 bits per heavy atom. The van der Waals surface area contributed by atoms with Crippen molar-refractivity contribution in [1.29, 1.82) is 0 Å². The van der Waals surface area contributed by atoms with Crippen LogP contribution in [0.3, 0.4) is 0 Å². The molecule has 1 fully saturated rings. The van der Waals surface area contributed by atoms with E-state index in [4.69, 9.17) is 5.11 Å². The van der Waals surface area contributed by atoms with Crippen molar-refractivity contribution in [2.24, 2.45) is 11.3 Å². The molecule has 0 aromatic rings. The molecular weight excluding hydrogens is 262 g/mol. The van der Waals surface area contributed by atoms with Crippen LogP contribution in [-0.2, 0) is 9.59 Å². The van der Waals surface area contributed by atoms with Gasteiger partial charge in [0.2, 0.25) is 5.91 Å². The molecule has 1 aliphatic rings. The van der Waals surface area contributed by atoms with E-state index < -0.39 is 12.0 Å². The van der Waals surface area contributed by atoms with E-state index in [0.29, 0.717) is 6.42 Å². The summed E-state index contributed by atoms with van der Waals surface area (Å²) < 4.78 is 0. The van der Waals surface area contributed by atoms with E-state index in [9.17, 15) is 9.59 Å². The Morgan fingerprint density at radius 2 is 2.11 bits per heavy atom. The van der Waals surface area contributed by atoms with Gasteiger partial charge in [-0.3, -0.25) is 4.79 Å². The van der Waals surface area contributed by atoms with Gasteiger partial charge in [-0.15, -0.1) is 0 Å². The molecule has 19 heavy (non-hydrogen) atoms. The van der Waals surface area contributed by atoms with Crippen molar-refractivity contribution in [2.45, 2.75) is 52.0 Å². The number of hydrogen-bond acceptors (Lipinski definition) is 3. The van der Waals surface area contributed by atoms with Crippen LogP contribution >= 0.6 is 11.8 Å². The number of amides is 1. The first-order valence-electron chi connectivity index (χ1n) is 6.90. The SMILES string of the molecule is CSCCC(NC(=O)C1CCCCC1(C)C)C(=O)O. The van der Waals surface area contributed by atoms with Crippen molar-refractivity contribution in [3.63, 3.8) is 0 Å². The van der Waals surface area contributed by atoms with Gasteiger partial charge < -0.3 is 10.4 Å². The van der Waals surface area contributed by atoms with Crippen LogP contribution < -0.4 is 5.32 Å². The molecule has 2 N–H and O–H groups in total. The van der Waals surface area contributed by atoms with Crippen molar-refractivity contribution in [2.75, 3.05) is 12.0 Å². The van der Waals surface area contributed by atoms with Crippen LogP contribution in [0, 0.1) is 11.3 Å². The Kier molecular flexibility index (Phi) is 6.17. The maximum atomic E-state index is 12.3. The highest BCUT2D eigenvalue weighted by Crippen LogP contribution is 2.40. The minimum Gasteiger partial charge on any atom is -0.480 e. The van der Waals surface area contributed by atoms with E-state index >= 15 is 0 Å². The summed E-state index contributed by atoms with van der Waals surface area (Å²) in [6.07, 6.45) is 6.54. The predicted molar refractivity (Wildman–Crippen MR) is 78.3 cm³/mol. The Balaban J connectivity index is 2.62. The number of rotatable bonds is 6. The zero-order valence-corrected chi connectivity index (χ0v) is 12.9. The number of carboxylic acids is 1. The second kappa shape index (κ2) is 7.17. The third-order valence-electron chi connectivity index (χ3n) is 4.05. The molecule has 0 heterocycles. The molecule has 4 nitrogen and oxygen atoms in total. The fraction of sp³-hybridized carbons (Fsp3) is 0.857. The molecule has 0 aromatic heterocycles. The molecule has 0 bridgehead atoms. The molecule has 1 amide bonds. The third-order valence-corrected chi connectivity index (χ3v) is 4.69. The van der Waals surface area contributed by atoms with E-state index in [1.54, 1.807) is 11.8 Å². The molecule has 0 radical (unpaired) electrons. The van der Waals surface area contributed by atoms with Crippen molar-refractivity contribution in [1.82, 2.24) is 5.32 Å². The Morgan fingerprint density at radius 1 is 1.42 bits per heavy atom. The van der Waals surface area contributed by atoms with Gasteiger partial charge in [0.1, 0.15) is 6.04 Å². The quantitative estimate of drug-likeness (QED) is 0.788. The molecular formula is C14H25NO3S. The van der Waals surface area contributed by atoms with Gasteiger partial charge in [-0.25, -0.2) is 4.79 Å². The fourth-order valence-electron chi connectivity index (χ4n) is 2.75. The zero-order chi connectivity index (χ0) is 14.5. The molecule has 0 aliphatic heterocycles. The number of thioether (sulfide) groups is 1. The minimum atomic E-state index is -0.934. The average molecular weight is 287 g/mol. The number of carbonyl (C=O) groups is 2. The zero-order valence-electron chi connectivity index (χ0n) is 12.1. The van der Waals surface area contributed by atoms with Crippen molar-refractivity contribution >= 4 is 23.6 Å². The first kappa shape index (κ1) is 16.3. The largest absolute Gasteiger partial charge is 0.480 e. The Hall–Kier alpha value is -0.710. The number of nitrogens with one attached hydrogen (secondary N) is 1. The maximum Gasteiger partial charge on any atom is 0.326 e. The average Bonchev–Trinajstić information content (AvgIpc) is 2.33. The highest BCUT2D eigenvalue weighted by molar-refractivity contribution is 7.98. The smallest absolute Gasteiger partial charge is 0.326 e. The van der Waals surface area contributed by atoms with Gasteiger partial charge in [0.15, 0.2) is 0 Å². The molecule has 0 saturated heterocycles. The van der Waals surface area contributed by atoms with E-state index in [2.05, 4.69) is 19.2 Å². The third kappa shape index (κ3) is 4.71. The predicted octanol–water partition coefficient (Wildman–Crippen LogP) is 2.53. The Bertz CT molecular complexity index is 331. The lowest BCUT2D eigenvalue weighted by Gasteiger charge is -2.38. The fourth-order valence-corrected chi connectivity index (χ4v) is 3.22. The maximum absolute atomic E-state index is 12.3. The molecule has 5 heteroatoms. The monoisotopic (exact) mass is 287 g/mol. The second-order valence-corrected chi connectivity index (χ2v) is 6.95. The number of carboxylic acid groups (broad SMARTS) is 1. The topological polar surface area (TPSA) is 66.4 Å². The molecule has 2 atom stereocenters. The first-order valence-corrected chi connectivity index (χ1v) is 8.30. The van der Waals surface area contributed by atoms with Crippen LogP contribution in [0.1, 0.15) is 46.0 Å². The summed E-state index contributed by atoms with van der Waals surface area (Å²) in [6.45, 7) is 4.21. The van der Waals surface area contributed by atoms with Crippen LogP contribution in [0.25, 0.3) is 0 Å². The van der Waals surface area contributed by atoms with Crippen LogP contribution in [0.4, 0.5) is 0 Å². The number of aliphatic carboxylic acids is 1. The molecule has 110 valence electrons. The highest BCUT2D eigenvalue weighted by Gasteiger charge is 2.38. The van der Waals surface area contributed by atoms with Crippen LogP contribution in [0.2, 0.25) is 0 Å². The summed E-state index contributed by atoms with van der Waals surface area (Å²) >= 11 is 1.60. The van der Waals surface area contributed by atoms with E-state index in [-0.39, 0.29) is 17.2 Å². The lowest BCUT2D eigenvalue weighted by atomic mass is 9.68. The molecule has 1 saturated carbocycles. The lowest BCUT2D eigenvalue weighted by Crippen LogP contribution is -2.48. The van der Waals surface area contributed by atoms with Gasteiger partial charge in [-0.05, 0) is 36.7 Å². The van der Waals surface area contributed by atoms with E-state index in [1.807, 2.05) is 6.26 Å². The first-order chi connectivity index (χ1) is 8.88. The Labute approximate surface area is 119 Å². The molecule has 0 spiro atoms. The summed E-state index contributed by atoms with van der Waals surface area (Å²) in [4.78, 5) is 23.5. The molecule has 2 unspecified atom stereocenters. The van der Waals surface area contributed by atoms with Crippen LogP contribution in [0.5, 0.6) is 0 Å². The highest BCUT2D eigenvalue weighted by atomic mass is 32.2. The second-order valence-electron chi connectivity index (χ2n) is 5.97. The van der Waals surface area contributed by atoms with Gasteiger partial charge in [0.05, 0.1) is 0 Å². The molecule has 0 aromatic carbocycles. The van der Waals surface area contributed by atoms with E-state index in [0.717, 1.165) is 31.4 Å². The summed E-state index contributed by atoms with van der Waals surface area (Å²) in [5, 5.41) is 11.9. The summed E-state index contributed by atoms with van der Waals surface area (Å²) in [6, 6.07) is -0.752. The molecule has 1 aliphatic carbocycles. The van der Waals surface area contributed by atoms with Gasteiger partial charge >= 0.3 is 5.97 Å². The number of carbonyl (C=O) groups excluding carboxylic acids is 1. The normalized spacial score (nSPS) is 23.6. The number of hydrogen-bond donors (Lipinski definition) is 2. The molecule has 1 rings (SSSR count). The summed E-state index contributed by atoms with van der Waals surface area (Å²) in [7, 11) is 0. The van der Waals surface area contributed by atoms with Crippen LogP contribution in [-0.4, -0.2) is 35.0 Å². The summed E-state index contributed by atoms with van der Waals surface area (Å²) in [5.74, 6) is -0.336. The van der Waals surface area contributed by atoms with Gasteiger partial charge in [-0.2, -0.15) is 11.8 Å². The van der Waals surface area contributed by atoms with Crippen molar-refractivity contribution in [3.05, 3.63) is 0 Å². The van der Waals surface area contributed by atoms with E-state index in [1.165, 1.54) is 0 Å². The van der Waals surface area contributed by atoms with Gasteiger partial charge in [-0.1, -0.05) is 26.7 Å². The van der Waals surface area contributed by atoms with Gasteiger partial charge in [0, 0.05) is 5.92 Å². The summed E-state index contributed by atoms with van der Waals surface area (Å²) in [5.41, 5.74) is -0.0229. The standard InChI is InChI=1S/C14H25NO3S/c1-14(2)8-5-4-6-10(14)12(16)15-11(13(17)18)7-9-19-3/h10-11H,4-9H2,1-3H3,(H,15,16)(H,17,18). The van der Waals surface area contributed by atoms with Crippen molar-refractivity contribution in [3.8, 4) is 0 Å². The van der Waals surface area contributed by atoms with Gasteiger partial charge in [0.25, 0.3) is 0 Å². The lowest BCUT2D eigenvalue weighted by molar-refractivity contribution is -0.143. The van der Waals surface area contributed by atoms with Crippen LogP contribution in [0.15, 0.2) is 0 Å².